The fraction of sp³-hybridized carbons (Fsp3) is 0.208. The summed E-state index contributed by atoms with van der Waals surface area (Å²) in [7, 11) is -3.75. The van der Waals surface area contributed by atoms with Crippen LogP contribution >= 0.6 is 11.6 Å². The molecular weight excluding hydrogens is 432 g/mol. The first-order chi connectivity index (χ1) is 14.7. The normalized spacial score (nSPS) is 12.4. The highest BCUT2D eigenvalue weighted by atomic mass is 35.5. The number of nitrogens with zero attached hydrogens (tertiary/aromatic N) is 1. The smallest absolute Gasteiger partial charge is 0.244 e. The molecule has 1 N–H and O–H groups in total. The van der Waals surface area contributed by atoms with E-state index in [2.05, 4.69) is 5.32 Å². The van der Waals surface area contributed by atoms with Crippen molar-refractivity contribution < 1.29 is 13.2 Å². The van der Waals surface area contributed by atoms with Gasteiger partial charge >= 0.3 is 0 Å². The van der Waals surface area contributed by atoms with Crippen LogP contribution < -0.4 is 9.62 Å². The number of sulfonamides is 1. The van der Waals surface area contributed by atoms with Crippen molar-refractivity contribution in [3.63, 3.8) is 0 Å². The number of aryl methyl sites for hydroxylation is 1. The van der Waals surface area contributed by atoms with Crippen LogP contribution in [0.25, 0.3) is 0 Å². The quantitative estimate of drug-likeness (QED) is 0.560. The van der Waals surface area contributed by atoms with Crippen molar-refractivity contribution in [1.82, 2.24) is 5.32 Å². The Morgan fingerprint density at radius 2 is 1.45 bits per heavy atom. The first kappa shape index (κ1) is 22.8. The molecule has 0 spiro atoms. The lowest BCUT2D eigenvalue weighted by atomic mass is 9.98. The van der Waals surface area contributed by atoms with E-state index < -0.39 is 28.0 Å². The molecule has 3 aromatic carbocycles. The molecule has 1 atom stereocenters. The molecule has 0 fully saturated rings. The lowest BCUT2D eigenvalue weighted by Gasteiger charge is -2.31. The SMILES string of the molecule is Cc1ccc(Cl)cc1N([C@@H](C)C(=O)NC(c1ccccc1)c1ccccc1)S(C)(=O)=O. The molecule has 5 nitrogen and oxygen atoms in total. The third-order valence-corrected chi connectivity index (χ3v) is 6.51. The van der Waals surface area contributed by atoms with Gasteiger partial charge < -0.3 is 5.32 Å². The van der Waals surface area contributed by atoms with Crippen LogP contribution in [0.2, 0.25) is 5.02 Å². The van der Waals surface area contributed by atoms with E-state index in [-0.39, 0.29) is 0 Å². The van der Waals surface area contributed by atoms with E-state index in [4.69, 9.17) is 11.6 Å². The maximum atomic E-state index is 13.3. The van der Waals surface area contributed by atoms with Crippen LogP contribution in [0.5, 0.6) is 0 Å². The minimum atomic E-state index is -3.75. The Labute approximate surface area is 188 Å². The zero-order valence-electron chi connectivity index (χ0n) is 17.6. The number of anilines is 1. The van der Waals surface area contributed by atoms with Crippen molar-refractivity contribution in [2.75, 3.05) is 10.6 Å². The third-order valence-electron chi connectivity index (χ3n) is 5.05. The molecule has 1 amide bonds. The molecule has 0 aliphatic carbocycles. The first-order valence-electron chi connectivity index (χ1n) is 9.84. The molecule has 0 radical (unpaired) electrons. The molecule has 3 rings (SSSR count). The predicted octanol–water partition coefficient (Wildman–Crippen LogP) is 4.71. The number of hydrogen-bond donors (Lipinski definition) is 1. The number of carbonyl (C=O) groups excluding carboxylic acids is 1. The summed E-state index contributed by atoms with van der Waals surface area (Å²) in [4.78, 5) is 13.3. The molecule has 0 bridgehead atoms. The molecule has 31 heavy (non-hydrogen) atoms. The zero-order chi connectivity index (χ0) is 22.6. The predicted molar refractivity (Wildman–Crippen MR) is 126 cm³/mol. The summed E-state index contributed by atoms with van der Waals surface area (Å²) < 4.78 is 26.5. The van der Waals surface area contributed by atoms with Crippen LogP contribution in [0.1, 0.15) is 29.7 Å². The van der Waals surface area contributed by atoms with Gasteiger partial charge in [-0.05, 0) is 42.7 Å². The number of hydrogen-bond acceptors (Lipinski definition) is 3. The minimum Gasteiger partial charge on any atom is -0.343 e. The average Bonchev–Trinajstić information content (AvgIpc) is 2.74. The Balaban J connectivity index is 1.97. The second-order valence-corrected chi connectivity index (χ2v) is 9.72. The van der Waals surface area contributed by atoms with Gasteiger partial charge in [0, 0.05) is 5.02 Å². The number of rotatable bonds is 7. The summed E-state index contributed by atoms with van der Waals surface area (Å²) in [5, 5.41) is 3.42. The molecule has 7 heteroatoms. The van der Waals surface area contributed by atoms with E-state index in [0.29, 0.717) is 16.3 Å². The summed E-state index contributed by atoms with van der Waals surface area (Å²) in [6, 6.07) is 22.7. The molecule has 0 saturated heterocycles. The van der Waals surface area contributed by atoms with Gasteiger partial charge in [-0.1, -0.05) is 78.3 Å². The van der Waals surface area contributed by atoms with Gasteiger partial charge in [0.15, 0.2) is 0 Å². The maximum absolute atomic E-state index is 13.3. The molecule has 0 heterocycles. The van der Waals surface area contributed by atoms with Crippen molar-refractivity contribution in [2.45, 2.75) is 25.9 Å². The Morgan fingerprint density at radius 1 is 0.935 bits per heavy atom. The van der Waals surface area contributed by atoms with Gasteiger partial charge in [0.2, 0.25) is 15.9 Å². The van der Waals surface area contributed by atoms with Crippen LogP contribution in [0.3, 0.4) is 0 Å². The van der Waals surface area contributed by atoms with E-state index in [1.807, 2.05) is 60.7 Å². The van der Waals surface area contributed by atoms with E-state index in [1.54, 1.807) is 32.0 Å². The van der Waals surface area contributed by atoms with Crippen molar-refractivity contribution in [3.05, 3.63) is 101 Å². The summed E-state index contributed by atoms with van der Waals surface area (Å²) in [6.45, 7) is 3.36. The minimum absolute atomic E-state index is 0.383. The van der Waals surface area contributed by atoms with E-state index in [9.17, 15) is 13.2 Å². The molecule has 0 saturated carbocycles. The molecule has 3 aromatic rings. The number of nitrogens with one attached hydrogen (secondary N) is 1. The Kier molecular flexibility index (Phi) is 7.03. The fourth-order valence-corrected chi connectivity index (χ4v) is 4.90. The Morgan fingerprint density at radius 3 is 1.94 bits per heavy atom. The number of amides is 1. The molecule has 0 aliphatic heterocycles. The van der Waals surface area contributed by atoms with Gasteiger partial charge in [0.05, 0.1) is 18.0 Å². The van der Waals surface area contributed by atoms with Gasteiger partial charge in [-0.25, -0.2) is 8.42 Å². The average molecular weight is 457 g/mol. The van der Waals surface area contributed by atoms with Crippen molar-refractivity contribution in [2.24, 2.45) is 0 Å². The topological polar surface area (TPSA) is 66.5 Å². The summed E-state index contributed by atoms with van der Waals surface area (Å²) in [6.07, 6.45) is 1.09. The van der Waals surface area contributed by atoms with Gasteiger partial charge in [0.25, 0.3) is 0 Å². The lowest BCUT2D eigenvalue weighted by Crippen LogP contribution is -2.49. The monoisotopic (exact) mass is 456 g/mol. The van der Waals surface area contributed by atoms with E-state index >= 15 is 0 Å². The van der Waals surface area contributed by atoms with Gasteiger partial charge in [0.1, 0.15) is 6.04 Å². The van der Waals surface area contributed by atoms with Crippen molar-refractivity contribution in [3.8, 4) is 0 Å². The highest BCUT2D eigenvalue weighted by Gasteiger charge is 2.31. The Hall–Kier alpha value is -2.83. The van der Waals surface area contributed by atoms with Crippen LogP contribution in [-0.4, -0.2) is 26.6 Å². The van der Waals surface area contributed by atoms with Crippen LogP contribution in [0, 0.1) is 6.92 Å². The highest BCUT2D eigenvalue weighted by molar-refractivity contribution is 7.92. The maximum Gasteiger partial charge on any atom is 0.244 e. The van der Waals surface area contributed by atoms with Gasteiger partial charge in [-0.2, -0.15) is 0 Å². The standard InChI is InChI=1S/C24H25ClN2O3S/c1-17-14-15-21(25)16-22(17)27(31(3,29)30)18(2)24(28)26-23(19-10-6-4-7-11-19)20-12-8-5-9-13-20/h4-16,18,23H,1-3H3,(H,26,28)/t18-/m0/s1. The second kappa shape index (κ2) is 9.54. The molecule has 0 aliphatic rings. The Bertz CT molecular complexity index is 1110. The highest BCUT2D eigenvalue weighted by Crippen LogP contribution is 2.29. The lowest BCUT2D eigenvalue weighted by molar-refractivity contribution is -0.122. The summed E-state index contributed by atoms with van der Waals surface area (Å²) >= 11 is 6.12. The molecule has 0 unspecified atom stereocenters. The summed E-state index contributed by atoms with van der Waals surface area (Å²) in [5.41, 5.74) is 2.89. The zero-order valence-corrected chi connectivity index (χ0v) is 19.2. The van der Waals surface area contributed by atoms with Crippen LogP contribution in [0.4, 0.5) is 5.69 Å². The van der Waals surface area contributed by atoms with Gasteiger partial charge in [-0.15, -0.1) is 0 Å². The third kappa shape index (κ3) is 5.46. The van der Waals surface area contributed by atoms with Crippen LogP contribution in [-0.2, 0) is 14.8 Å². The summed E-state index contributed by atoms with van der Waals surface area (Å²) in [5.74, 6) is -0.414. The van der Waals surface area contributed by atoms with Crippen LogP contribution in [0.15, 0.2) is 78.9 Å². The van der Waals surface area contributed by atoms with Gasteiger partial charge in [-0.3, -0.25) is 9.10 Å². The van der Waals surface area contributed by atoms with Crippen molar-refractivity contribution in [1.29, 1.82) is 0 Å². The number of carbonyl (C=O) groups is 1. The van der Waals surface area contributed by atoms with E-state index in [1.165, 1.54) is 0 Å². The van der Waals surface area contributed by atoms with E-state index in [0.717, 1.165) is 21.7 Å². The molecule has 162 valence electrons. The molecular formula is C24H25ClN2O3S. The first-order valence-corrected chi connectivity index (χ1v) is 12.1. The second-order valence-electron chi connectivity index (χ2n) is 7.43. The fourth-order valence-electron chi connectivity index (χ4n) is 3.51. The molecule has 0 aromatic heterocycles. The number of halogens is 1. The largest absolute Gasteiger partial charge is 0.343 e. The van der Waals surface area contributed by atoms with Crippen molar-refractivity contribution >= 4 is 33.2 Å². The number of benzene rings is 3.